The van der Waals surface area contributed by atoms with Crippen molar-refractivity contribution in [3.8, 4) is 0 Å². The van der Waals surface area contributed by atoms with Crippen molar-refractivity contribution in [1.82, 2.24) is 10.2 Å². The minimum atomic E-state index is -0.754. The van der Waals surface area contributed by atoms with Gasteiger partial charge in [-0.05, 0) is 36.3 Å². The molecule has 1 saturated heterocycles. The fraction of sp³-hybridized carbons (Fsp3) is 0.364. The molecule has 0 spiro atoms. The highest BCUT2D eigenvalue weighted by Crippen LogP contribution is 2.21. The third-order valence-corrected chi connectivity index (χ3v) is 5.19. The molecule has 3 rings (SSSR count). The van der Waals surface area contributed by atoms with Gasteiger partial charge in [-0.2, -0.15) is 0 Å². The quantitative estimate of drug-likeness (QED) is 0.825. The monoisotopic (exact) mass is 365 g/mol. The summed E-state index contributed by atoms with van der Waals surface area (Å²) in [5, 5.41) is 2.67. The molecule has 1 fully saturated rings. The minimum absolute atomic E-state index is 0.00270. The number of rotatable bonds is 6. The summed E-state index contributed by atoms with van der Waals surface area (Å²) in [6.45, 7) is 1.50. The Kier molecular flexibility index (Phi) is 6.60. The molecule has 2 aromatic carbocycles. The van der Waals surface area contributed by atoms with Gasteiger partial charge in [-0.3, -0.25) is 9.59 Å². The second kappa shape index (κ2) is 9.33. The molecule has 5 nitrogen and oxygen atoms in total. The summed E-state index contributed by atoms with van der Waals surface area (Å²) < 4.78 is 0. The van der Waals surface area contributed by atoms with E-state index in [4.69, 9.17) is 5.73 Å². The van der Waals surface area contributed by atoms with Gasteiger partial charge in [-0.1, -0.05) is 60.7 Å². The zero-order valence-corrected chi connectivity index (χ0v) is 15.5. The van der Waals surface area contributed by atoms with E-state index in [1.54, 1.807) is 0 Å². The maximum atomic E-state index is 12.4. The van der Waals surface area contributed by atoms with Gasteiger partial charge < -0.3 is 16.0 Å². The lowest BCUT2D eigenvalue weighted by Crippen LogP contribution is -2.45. The topological polar surface area (TPSA) is 75.4 Å². The van der Waals surface area contributed by atoms with Gasteiger partial charge in [-0.25, -0.2) is 0 Å². The van der Waals surface area contributed by atoms with E-state index in [9.17, 15) is 9.59 Å². The number of amides is 2. The Morgan fingerprint density at radius 2 is 1.59 bits per heavy atom. The summed E-state index contributed by atoms with van der Waals surface area (Å²) in [4.78, 5) is 26.4. The molecular formula is C22H27N3O2. The van der Waals surface area contributed by atoms with Gasteiger partial charge in [0.15, 0.2) is 0 Å². The average Bonchev–Trinajstić information content (AvgIpc) is 2.73. The van der Waals surface area contributed by atoms with Gasteiger partial charge in [0.2, 0.25) is 11.8 Å². The largest absolute Gasteiger partial charge is 0.345 e. The summed E-state index contributed by atoms with van der Waals surface area (Å²) in [5.41, 5.74) is 8.05. The first-order chi connectivity index (χ1) is 13.1. The Morgan fingerprint density at radius 1 is 1.00 bits per heavy atom. The summed E-state index contributed by atoms with van der Waals surface area (Å²) in [6.07, 6.45) is 3.06. The summed E-state index contributed by atoms with van der Waals surface area (Å²) in [7, 11) is 0. The molecule has 3 N–H and O–H groups in total. The highest BCUT2D eigenvalue weighted by Gasteiger charge is 2.24. The molecular weight excluding hydrogens is 338 g/mol. The van der Waals surface area contributed by atoms with Crippen molar-refractivity contribution < 1.29 is 9.59 Å². The number of carbonyl (C=O) groups excluding carboxylic acids is 2. The predicted molar refractivity (Wildman–Crippen MR) is 106 cm³/mol. The average molecular weight is 365 g/mol. The molecule has 1 unspecified atom stereocenters. The van der Waals surface area contributed by atoms with Gasteiger partial charge in [0, 0.05) is 13.1 Å². The van der Waals surface area contributed by atoms with E-state index >= 15 is 0 Å². The van der Waals surface area contributed by atoms with Crippen LogP contribution in [0.15, 0.2) is 60.7 Å². The Bertz CT molecular complexity index is 741. The summed E-state index contributed by atoms with van der Waals surface area (Å²) in [5.74, 6) is 0.243. The Morgan fingerprint density at radius 3 is 2.22 bits per heavy atom. The molecule has 1 atom stereocenters. The zero-order chi connectivity index (χ0) is 19.1. The Labute approximate surface area is 160 Å². The molecule has 1 aliphatic heterocycles. The third-order valence-electron chi connectivity index (χ3n) is 5.19. The Hall–Kier alpha value is -2.66. The van der Waals surface area contributed by atoms with E-state index in [0.29, 0.717) is 5.92 Å². The van der Waals surface area contributed by atoms with Crippen molar-refractivity contribution in [3.63, 3.8) is 0 Å². The maximum Gasteiger partial charge on any atom is 0.241 e. The second-order valence-corrected chi connectivity index (χ2v) is 7.12. The molecule has 0 bridgehead atoms. The van der Waals surface area contributed by atoms with E-state index < -0.39 is 6.04 Å². The zero-order valence-electron chi connectivity index (χ0n) is 15.5. The van der Waals surface area contributed by atoms with Crippen LogP contribution in [0.3, 0.4) is 0 Å². The van der Waals surface area contributed by atoms with Crippen molar-refractivity contribution in [2.24, 2.45) is 11.7 Å². The van der Waals surface area contributed by atoms with Crippen molar-refractivity contribution in [1.29, 1.82) is 0 Å². The van der Waals surface area contributed by atoms with Crippen LogP contribution < -0.4 is 11.1 Å². The molecule has 0 radical (unpaired) electrons. The van der Waals surface area contributed by atoms with Gasteiger partial charge in [0.05, 0.1) is 6.54 Å². The van der Waals surface area contributed by atoms with Gasteiger partial charge in [0.25, 0.3) is 0 Å². The first-order valence-corrected chi connectivity index (χ1v) is 9.53. The number of benzene rings is 2. The number of nitrogens with one attached hydrogen (secondary N) is 1. The van der Waals surface area contributed by atoms with Crippen LogP contribution in [0.25, 0.3) is 0 Å². The van der Waals surface area contributed by atoms with Gasteiger partial charge in [-0.15, -0.1) is 0 Å². The molecule has 0 saturated carbocycles. The van der Waals surface area contributed by atoms with Crippen molar-refractivity contribution in [3.05, 3.63) is 71.8 Å². The molecule has 0 aromatic heterocycles. The van der Waals surface area contributed by atoms with Crippen LogP contribution in [0.5, 0.6) is 0 Å². The number of nitrogens with zero attached hydrogens (tertiary/aromatic N) is 1. The van der Waals surface area contributed by atoms with E-state index in [0.717, 1.165) is 37.9 Å². The van der Waals surface area contributed by atoms with Crippen LogP contribution in [0.2, 0.25) is 0 Å². The van der Waals surface area contributed by atoms with Crippen LogP contribution in [0.4, 0.5) is 0 Å². The first kappa shape index (κ1) is 19.1. The minimum Gasteiger partial charge on any atom is -0.345 e. The van der Waals surface area contributed by atoms with Crippen LogP contribution in [-0.4, -0.2) is 36.3 Å². The van der Waals surface area contributed by atoms with Crippen LogP contribution in [0, 0.1) is 5.92 Å². The fourth-order valence-electron chi connectivity index (χ4n) is 3.53. The third kappa shape index (κ3) is 5.41. The normalized spacial score (nSPS) is 16.0. The number of hydrogen-bond donors (Lipinski definition) is 2. The van der Waals surface area contributed by atoms with Crippen molar-refractivity contribution in [2.75, 3.05) is 19.6 Å². The lowest BCUT2D eigenvalue weighted by Gasteiger charge is -2.32. The van der Waals surface area contributed by atoms with Crippen molar-refractivity contribution >= 4 is 11.8 Å². The number of carbonyl (C=O) groups is 2. The molecule has 142 valence electrons. The molecule has 0 aliphatic carbocycles. The molecule has 1 aliphatic rings. The van der Waals surface area contributed by atoms with Crippen molar-refractivity contribution in [2.45, 2.75) is 25.3 Å². The molecule has 27 heavy (non-hydrogen) atoms. The number of piperidine rings is 1. The number of hydrogen-bond acceptors (Lipinski definition) is 3. The summed E-state index contributed by atoms with van der Waals surface area (Å²) >= 11 is 0. The molecule has 2 aromatic rings. The van der Waals surface area contributed by atoms with E-state index in [-0.39, 0.29) is 18.4 Å². The van der Waals surface area contributed by atoms with E-state index in [1.165, 1.54) is 5.56 Å². The number of nitrogens with two attached hydrogens (primary N) is 1. The standard InChI is InChI=1S/C22H27N3O2/c23-21(19-9-5-2-6-10-19)22(27)24-16-20(26)25-13-11-18(12-14-25)15-17-7-3-1-4-8-17/h1-10,18,21H,11-16,23H2,(H,24,27). The lowest BCUT2D eigenvalue weighted by molar-refractivity contribution is -0.134. The predicted octanol–water partition coefficient (Wildman–Crippen LogP) is 2.28. The van der Waals surface area contributed by atoms with Crippen LogP contribution >= 0.6 is 0 Å². The van der Waals surface area contributed by atoms with Crippen LogP contribution in [-0.2, 0) is 16.0 Å². The first-order valence-electron chi connectivity index (χ1n) is 9.53. The summed E-state index contributed by atoms with van der Waals surface area (Å²) in [6, 6.07) is 18.9. The second-order valence-electron chi connectivity index (χ2n) is 7.12. The van der Waals surface area contributed by atoms with E-state index in [2.05, 4.69) is 29.6 Å². The lowest BCUT2D eigenvalue weighted by atomic mass is 9.90. The van der Waals surface area contributed by atoms with Gasteiger partial charge in [0.1, 0.15) is 6.04 Å². The Balaban J connectivity index is 1.41. The molecule has 5 heteroatoms. The SMILES string of the molecule is NC(C(=O)NCC(=O)N1CCC(Cc2ccccc2)CC1)c1ccccc1. The molecule has 2 amide bonds. The molecule has 1 heterocycles. The highest BCUT2D eigenvalue weighted by atomic mass is 16.2. The van der Waals surface area contributed by atoms with E-state index in [1.807, 2.05) is 41.3 Å². The fourth-order valence-corrected chi connectivity index (χ4v) is 3.53. The highest BCUT2D eigenvalue weighted by molar-refractivity contribution is 5.88. The maximum absolute atomic E-state index is 12.4. The number of likely N-dealkylation sites (tertiary alicyclic amines) is 1. The van der Waals surface area contributed by atoms with Crippen LogP contribution in [0.1, 0.15) is 30.0 Å². The smallest absolute Gasteiger partial charge is 0.241 e. The van der Waals surface area contributed by atoms with Gasteiger partial charge >= 0.3 is 0 Å².